The van der Waals surface area contributed by atoms with Crippen molar-refractivity contribution in [1.29, 1.82) is 0 Å². The number of alkyl halides is 3. The highest BCUT2D eigenvalue weighted by molar-refractivity contribution is 5.73. The van der Waals surface area contributed by atoms with Gasteiger partial charge in [-0.3, -0.25) is 10.1 Å². The van der Waals surface area contributed by atoms with E-state index in [9.17, 15) is 28.1 Å². The van der Waals surface area contributed by atoms with Crippen molar-refractivity contribution in [3.63, 3.8) is 0 Å². The van der Waals surface area contributed by atoms with E-state index in [1.54, 1.807) is 0 Å². The number of nitrogens with zero attached hydrogens (tertiary/aromatic N) is 1. The van der Waals surface area contributed by atoms with Crippen LogP contribution in [-0.4, -0.2) is 35.8 Å². The van der Waals surface area contributed by atoms with Crippen LogP contribution >= 0.6 is 0 Å². The number of rotatable bonds is 6. The van der Waals surface area contributed by atoms with E-state index < -0.39 is 46.7 Å². The van der Waals surface area contributed by atoms with Gasteiger partial charge in [-0.1, -0.05) is 0 Å². The monoisotopic (exact) mass is 308 g/mol. The Labute approximate surface area is 116 Å². The smallest absolute Gasteiger partial charge is 0.418 e. The van der Waals surface area contributed by atoms with Crippen LogP contribution in [0, 0.1) is 10.1 Å². The Bertz CT molecular complexity index is 547. The zero-order valence-corrected chi connectivity index (χ0v) is 10.7. The number of hydrogen-bond acceptors (Lipinski definition) is 5. The number of ether oxygens (including phenoxy) is 1. The van der Waals surface area contributed by atoms with Crippen LogP contribution in [0.5, 0.6) is 0 Å². The third kappa shape index (κ3) is 4.31. The number of carboxylic acids is 1. The van der Waals surface area contributed by atoms with Crippen LogP contribution in [0.3, 0.4) is 0 Å². The van der Waals surface area contributed by atoms with E-state index >= 15 is 0 Å². The molecular weight excluding hydrogens is 297 g/mol. The molecule has 1 aromatic rings. The molecule has 0 amide bonds. The number of methoxy groups -OCH3 is 1. The Hall–Kier alpha value is -2.36. The fraction of sp³-hybridized carbons (Fsp3) is 0.364. The van der Waals surface area contributed by atoms with Gasteiger partial charge in [0.15, 0.2) is 6.10 Å². The summed E-state index contributed by atoms with van der Waals surface area (Å²) in [6.07, 6.45) is -6.17. The maximum absolute atomic E-state index is 12.8. The first-order chi connectivity index (χ1) is 9.66. The Morgan fingerprint density at radius 1 is 1.52 bits per heavy atom. The minimum Gasteiger partial charge on any atom is -0.479 e. The molecule has 21 heavy (non-hydrogen) atoms. The van der Waals surface area contributed by atoms with Gasteiger partial charge >= 0.3 is 12.1 Å². The molecule has 0 fully saturated rings. The van der Waals surface area contributed by atoms with Gasteiger partial charge in [0, 0.05) is 24.9 Å². The molecule has 0 aliphatic rings. The van der Waals surface area contributed by atoms with Crippen molar-refractivity contribution < 1.29 is 32.7 Å². The van der Waals surface area contributed by atoms with Crippen LogP contribution in [0.2, 0.25) is 0 Å². The summed E-state index contributed by atoms with van der Waals surface area (Å²) in [4.78, 5) is 20.3. The second-order valence-electron chi connectivity index (χ2n) is 3.93. The zero-order valence-electron chi connectivity index (χ0n) is 10.7. The van der Waals surface area contributed by atoms with Crippen molar-refractivity contribution in [3.8, 4) is 0 Å². The molecule has 0 radical (unpaired) electrons. The third-order valence-corrected chi connectivity index (χ3v) is 2.56. The number of nitro benzene ring substituents is 1. The van der Waals surface area contributed by atoms with E-state index in [-0.39, 0.29) is 0 Å². The van der Waals surface area contributed by atoms with Gasteiger partial charge in [0.05, 0.1) is 17.0 Å². The van der Waals surface area contributed by atoms with Crippen molar-refractivity contribution in [2.24, 2.45) is 0 Å². The fourth-order valence-electron chi connectivity index (χ4n) is 1.51. The first kappa shape index (κ1) is 16.7. The summed E-state index contributed by atoms with van der Waals surface area (Å²) in [5.74, 6) is -1.35. The Morgan fingerprint density at radius 2 is 2.14 bits per heavy atom. The van der Waals surface area contributed by atoms with E-state index in [4.69, 9.17) is 5.11 Å². The molecule has 0 saturated carbocycles. The van der Waals surface area contributed by atoms with Gasteiger partial charge in [-0.15, -0.1) is 0 Å². The van der Waals surface area contributed by atoms with Gasteiger partial charge in [-0.25, -0.2) is 4.79 Å². The van der Waals surface area contributed by atoms with Gasteiger partial charge < -0.3 is 15.2 Å². The van der Waals surface area contributed by atoms with Crippen LogP contribution < -0.4 is 5.32 Å². The summed E-state index contributed by atoms with van der Waals surface area (Å²) < 4.78 is 43.1. The van der Waals surface area contributed by atoms with E-state index in [1.807, 2.05) is 0 Å². The fourth-order valence-corrected chi connectivity index (χ4v) is 1.51. The lowest BCUT2D eigenvalue weighted by molar-refractivity contribution is -0.385. The van der Waals surface area contributed by atoms with Crippen molar-refractivity contribution >= 4 is 17.3 Å². The number of halogens is 3. The van der Waals surface area contributed by atoms with Crippen molar-refractivity contribution in [2.75, 3.05) is 19.0 Å². The number of aliphatic carboxylic acids is 1. The SMILES string of the molecule is COC(CNc1ccc([N+](=O)[O-])cc1C(F)(F)F)C(=O)O. The molecule has 1 atom stereocenters. The Kier molecular flexibility index (Phi) is 5.08. The lowest BCUT2D eigenvalue weighted by atomic mass is 10.1. The number of benzene rings is 1. The zero-order chi connectivity index (χ0) is 16.2. The molecule has 0 spiro atoms. The summed E-state index contributed by atoms with van der Waals surface area (Å²) in [5, 5.41) is 21.5. The normalized spacial score (nSPS) is 12.8. The van der Waals surface area contributed by atoms with E-state index in [2.05, 4.69) is 10.1 Å². The number of anilines is 1. The number of nitro groups is 1. The highest BCUT2D eigenvalue weighted by atomic mass is 19.4. The first-order valence-electron chi connectivity index (χ1n) is 5.52. The molecule has 0 aliphatic heterocycles. The molecule has 0 heterocycles. The molecule has 10 heteroatoms. The van der Waals surface area contributed by atoms with Crippen LogP contribution in [0.25, 0.3) is 0 Å². The minimum absolute atomic E-state index is 0.380. The lowest BCUT2D eigenvalue weighted by Crippen LogP contribution is -2.31. The first-order valence-corrected chi connectivity index (χ1v) is 5.52. The number of carbonyl (C=O) groups is 1. The van der Waals surface area contributed by atoms with Gasteiger partial charge in [0.2, 0.25) is 0 Å². The van der Waals surface area contributed by atoms with E-state index in [1.165, 1.54) is 0 Å². The molecule has 1 unspecified atom stereocenters. The summed E-state index contributed by atoms with van der Waals surface area (Å²) in [5.41, 5.74) is -2.43. The van der Waals surface area contributed by atoms with Crippen LogP contribution in [0.4, 0.5) is 24.5 Å². The molecule has 0 aromatic heterocycles. The van der Waals surface area contributed by atoms with Crippen molar-refractivity contribution in [2.45, 2.75) is 12.3 Å². The number of nitrogens with one attached hydrogen (secondary N) is 1. The quantitative estimate of drug-likeness (QED) is 0.616. The number of non-ortho nitro benzene ring substituents is 1. The van der Waals surface area contributed by atoms with E-state index in [0.717, 1.165) is 19.2 Å². The third-order valence-electron chi connectivity index (χ3n) is 2.56. The maximum atomic E-state index is 12.8. The summed E-state index contributed by atoms with van der Waals surface area (Å²) in [6.45, 7) is -0.424. The molecule has 116 valence electrons. The van der Waals surface area contributed by atoms with Crippen LogP contribution in [-0.2, 0) is 15.7 Å². The predicted molar refractivity (Wildman–Crippen MR) is 65.0 cm³/mol. The molecule has 0 bridgehead atoms. The Morgan fingerprint density at radius 3 is 2.57 bits per heavy atom. The molecular formula is C11H11F3N2O5. The molecule has 1 rings (SSSR count). The number of hydrogen-bond donors (Lipinski definition) is 2. The molecule has 0 aliphatic carbocycles. The molecule has 2 N–H and O–H groups in total. The number of carboxylic acid groups (broad SMARTS) is 1. The van der Waals surface area contributed by atoms with Gasteiger partial charge in [-0.2, -0.15) is 13.2 Å². The molecule has 1 aromatic carbocycles. The summed E-state index contributed by atoms with van der Waals surface area (Å²) >= 11 is 0. The van der Waals surface area contributed by atoms with Crippen LogP contribution in [0.15, 0.2) is 18.2 Å². The second-order valence-corrected chi connectivity index (χ2v) is 3.93. The van der Waals surface area contributed by atoms with Crippen LogP contribution in [0.1, 0.15) is 5.56 Å². The van der Waals surface area contributed by atoms with Gasteiger partial charge in [-0.05, 0) is 6.07 Å². The van der Waals surface area contributed by atoms with Gasteiger partial charge in [0.1, 0.15) is 0 Å². The van der Waals surface area contributed by atoms with Gasteiger partial charge in [0.25, 0.3) is 5.69 Å². The highest BCUT2D eigenvalue weighted by Crippen LogP contribution is 2.37. The Balaban J connectivity index is 3.06. The average Bonchev–Trinajstić information content (AvgIpc) is 2.37. The summed E-state index contributed by atoms with van der Waals surface area (Å²) in [6, 6.07) is 2.14. The predicted octanol–water partition coefficient (Wildman–Crippen LogP) is 2.13. The van der Waals surface area contributed by atoms with E-state index in [0.29, 0.717) is 6.07 Å². The summed E-state index contributed by atoms with van der Waals surface area (Å²) in [7, 11) is 1.10. The standard InChI is InChI=1S/C11H11F3N2O5/c1-21-9(10(17)18)5-15-8-3-2-6(16(19)20)4-7(8)11(12,13)14/h2-4,9,15H,5H2,1H3,(H,17,18). The highest BCUT2D eigenvalue weighted by Gasteiger charge is 2.35. The molecule has 7 nitrogen and oxygen atoms in total. The lowest BCUT2D eigenvalue weighted by Gasteiger charge is -2.16. The largest absolute Gasteiger partial charge is 0.479 e. The topological polar surface area (TPSA) is 102 Å². The molecule has 0 saturated heterocycles. The second kappa shape index (κ2) is 6.39. The average molecular weight is 308 g/mol. The van der Waals surface area contributed by atoms with Crippen molar-refractivity contribution in [3.05, 3.63) is 33.9 Å². The maximum Gasteiger partial charge on any atom is 0.418 e. The van der Waals surface area contributed by atoms with Crippen molar-refractivity contribution in [1.82, 2.24) is 0 Å². The minimum atomic E-state index is -4.82.